The van der Waals surface area contributed by atoms with Gasteiger partial charge in [0.05, 0.1) is 31.9 Å². The zero-order valence-corrected chi connectivity index (χ0v) is 22.1. The van der Waals surface area contributed by atoms with Crippen molar-refractivity contribution in [3.05, 3.63) is 87.4 Å². The third-order valence-corrected chi connectivity index (χ3v) is 7.59. The summed E-state index contributed by atoms with van der Waals surface area (Å²) in [6, 6.07) is 18.2. The Bertz CT molecular complexity index is 1320. The van der Waals surface area contributed by atoms with Crippen LogP contribution >= 0.6 is 27.5 Å². The van der Waals surface area contributed by atoms with Gasteiger partial charge in [-0.1, -0.05) is 45.7 Å². The Hall–Kier alpha value is -2.92. The Morgan fingerprint density at radius 3 is 2.40 bits per heavy atom. The topological polar surface area (TPSA) is 97.3 Å². The molecule has 0 saturated carbocycles. The summed E-state index contributed by atoms with van der Waals surface area (Å²) in [5.41, 5.74) is 3.59. The van der Waals surface area contributed by atoms with Gasteiger partial charge in [0.2, 0.25) is 10.0 Å². The van der Waals surface area contributed by atoms with Crippen molar-refractivity contribution in [3.63, 3.8) is 0 Å². The van der Waals surface area contributed by atoms with Crippen LogP contribution in [0, 0.1) is 0 Å². The second-order valence-corrected chi connectivity index (χ2v) is 10.5. The SMILES string of the molecule is COc1ccc(/C=N/NC(=O)CN(Cc2ccccc2Cl)S(=O)(=O)c2ccc(Br)cc2)cc1OC. The monoisotopic (exact) mass is 579 g/mol. The van der Waals surface area contributed by atoms with E-state index < -0.39 is 22.5 Å². The number of nitrogens with zero attached hydrogens (tertiary/aromatic N) is 2. The number of benzene rings is 3. The van der Waals surface area contributed by atoms with Crippen LogP contribution in [-0.4, -0.2) is 45.6 Å². The number of ether oxygens (including phenoxy) is 2. The van der Waals surface area contributed by atoms with Gasteiger partial charge < -0.3 is 9.47 Å². The first-order valence-electron chi connectivity index (χ1n) is 10.3. The molecule has 35 heavy (non-hydrogen) atoms. The van der Waals surface area contributed by atoms with Crippen molar-refractivity contribution >= 4 is 49.7 Å². The van der Waals surface area contributed by atoms with Gasteiger partial charge in [0, 0.05) is 16.0 Å². The van der Waals surface area contributed by atoms with Crippen LogP contribution in [0.5, 0.6) is 11.5 Å². The number of methoxy groups -OCH3 is 2. The van der Waals surface area contributed by atoms with Crippen molar-refractivity contribution in [1.82, 2.24) is 9.73 Å². The highest BCUT2D eigenvalue weighted by atomic mass is 79.9. The molecule has 0 heterocycles. The molecule has 0 aliphatic carbocycles. The maximum Gasteiger partial charge on any atom is 0.255 e. The average Bonchev–Trinajstić information content (AvgIpc) is 2.85. The molecule has 3 aromatic carbocycles. The van der Waals surface area contributed by atoms with Crippen molar-refractivity contribution in [2.45, 2.75) is 11.4 Å². The number of rotatable bonds is 10. The van der Waals surface area contributed by atoms with E-state index in [0.717, 1.165) is 8.78 Å². The van der Waals surface area contributed by atoms with E-state index in [4.69, 9.17) is 21.1 Å². The van der Waals surface area contributed by atoms with Crippen LogP contribution < -0.4 is 14.9 Å². The van der Waals surface area contributed by atoms with Gasteiger partial charge in [-0.25, -0.2) is 13.8 Å². The van der Waals surface area contributed by atoms with E-state index in [1.165, 1.54) is 32.6 Å². The molecule has 0 aliphatic rings. The summed E-state index contributed by atoms with van der Waals surface area (Å²) in [5, 5.41) is 4.34. The fraction of sp³-hybridized carbons (Fsp3) is 0.167. The highest BCUT2D eigenvalue weighted by Crippen LogP contribution is 2.27. The second-order valence-electron chi connectivity index (χ2n) is 7.23. The van der Waals surface area contributed by atoms with E-state index in [1.54, 1.807) is 54.6 Å². The van der Waals surface area contributed by atoms with Crippen molar-refractivity contribution in [2.24, 2.45) is 5.10 Å². The number of carbonyl (C=O) groups excluding carboxylic acids is 1. The lowest BCUT2D eigenvalue weighted by atomic mass is 10.2. The molecule has 11 heteroatoms. The van der Waals surface area contributed by atoms with Gasteiger partial charge in [-0.3, -0.25) is 4.79 Å². The van der Waals surface area contributed by atoms with Crippen LogP contribution in [0.1, 0.15) is 11.1 Å². The summed E-state index contributed by atoms with van der Waals surface area (Å²) in [6.45, 7) is -0.558. The predicted molar refractivity (Wildman–Crippen MR) is 138 cm³/mol. The average molecular weight is 581 g/mol. The molecular weight excluding hydrogens is 558 g/mol. The third-order valence-electron chi connectivity index (χ3n) is 4.89. The number of sulfonamides is 1. The molecule has 0 fully saturated rings. The summed E-state index contributed by atoms with van der Waals surface area (Å²) < 4.78 is 38.9. The van der Waals surface area contributed by atoms with E-state index in [0.29, 0.717) is 27.6 Å². The lowest BCUT2D eigenvalue weighted by Crippen LogP contribution is -2.39. The number of amides is 1. The normalized spacial score (nSPS) is 11.6. The number of hydrogen-bond donors (Lipinski definition) is 1. The van der Waals surface area contributed by atoms with E-state index in [2.05, 4.69) is 26.5 Å². The summed E-state index contributed by atoms with van der Waals surface area (Å²) in [6.07, 6.45) is 1.42. The summed E-state index contributed by atoms with van der Waals surface area (Å²) in [4.78, 5) is 12.7. The molecule has 0 unspecified atom stereocenters. The number of hydrogen-bond acceptors (Lipinski definition) is 6. The Morgan fingerprint density at radius 2 is 1.74 bits per heavy atom. The van der Waals surface area contributed by atoms with Crippen molar-refractivity contribution < 1.29 is 22.7 Å². The Labute approximate surface area is 217 Å². The zero-order chi connectivity index (χ0) is 25.4. The minimum atomic E-state index is -4.01. The van der Waals surface area contributed by atoms with Crippen molar-refractivity contribution in [3.8, 4) is 11.5 Å². The Morgan fingerprint density at radius 1 is 1.06 bits per heavy atom. The molecule has 0 atom stereocenters. The van der Waals surface area contributed by atoms with Gasteiger partial charge in [-0.2, -0.15) is 9.41 Å². The molecule has 0 aliphatic heterocycles. The standard InChI is InChI=1S/C24H23BrClN3O5S/c1-33-22-12-7-17(13-23(22)34-2)14-27-28-24(30)16-29(15-18-5-3-4-6-21(18)26)35(31,32)20-10-8-19(25)9-11-20/h3-14H,15-16H2,1-2H3,(H,28,30)/b27-14+. The lowest BCUT2D eigenvalue weighted by molar-refractivity contribution is -0.121. The van der Waals surface area contributed by atoms with Gasteiger partial charge in [0.1, 0.15) is 0 Å². The number of carbonyl (C=O) groups is 1. The van der Waals surface area contributed by atoms with Gasteiger partial charge in [0.15, 0.2) is 11.5 Å². The van der Waals surface area contributed by atoms with E-state index in [-0.39, 0.29) is 11.4 Å². The molecule has 0 saturated heterocycles. The van der Waals surface area contributed by atoms with Crippen LogP contribution in [-0.2, 0) is 21.4 Å². The van der Waals surface area contributed by atoms with Crippen LogP contribution in [0.4, 0.5) is 0 Å². The summed E-state index contributed by atoms with van der Waals surface area (Å²) in [5.74, 6) is 0.450. The number of hydrazone groups is 1. The number of nitrogens with one attached hydrogen (secondary N) is 1. The molecule has 0 aromatic heterocycles. The van der Waals surface area contributed by atoms with Crippen LogP contribution in [0.2, 0.25) is 5.02 Å². The molecule has 0 radical (unpaired) electrons. The molecular formula is C24H23BrClN3O5S. The molecule has 3 aromatic rings. The molecule has 3 rings (SSSR count). The molecule has 8 nitrogen and oxygen atoms in total. The molecule has 1 amide bonds. The second kappa shape index (κ2) is 12.2. The first-order valence-corrected chi connectivity index (χ1v) is 12.9. The van der Waals surface area contributed by atoms with Crippen molar-refractivity contribution in [2.75, 3.05) is 20.8 Å². The quantitative estimate of drug-likeness (QED) is 0.282. The van der Waals surface area contributed by atoms with Gasteiger partial charge >= 0.3 is 0 Å². The number of halogens is 2. The molecule has 0 spiro atoms. The Kier molecular flexibility index (Phi) is 9.27. The lowest BCUT2D eigenvalue weighted by Gasteiger charge is -2.22. The molecule has 184 valence electrons. The fourth-order valence-electron chi connectivity index (χ4n) is 3.11. The minimum Gasteiger partial charge on any atom is -0.493 e. The zero-order valence-electron chi connectivity index (χ0n) is 18.9. The summed E-state index contributed by atoms with van der Waals surface area (Å²) in [7, 11) is -0.967. The van der Waals surface area contributed by atoms with E-state index in [1.807, 2.05) is 0 Å². The smallest absolute Gasteiger partial charge is 0.255 e. The first kappa shape index (κ1) is 26.7. The van der Waals surface area contributed by atoms with Gasteiger partial charge in [-0.05, 0) is 59.7 Å². The first-order chi connectivity index (χ1) is 16.7. The minimum absolute atomic E-state index is 0.0504. The highest BCUT2D eigenvalue weighted by Gasteiger charge is 2.27. The van der Waals surface area contributed by atoms with Crippen LogP contribution in [0.15, 0.2) is 81.2 Å². The van der Waals surface area contributed by atoms with Gasteiger partial charge in [0.25, 0.3) is 5.91 Å². The van der Waals surface area contributed by atoms with Gasteiger partial charge in [-0.15, -0.1) is 0 Å². The highest BCUT2D eigenvalue weighted by molar-refractivity contribution is 9.10. The molecule has 0 bridgehead atoms. The maximum atomic E-state index is 13.3. The largest absolute Gasteiger partial charge is 0.493 e. The van der Waals surface area contributed by atoms with E-state index in [9.17, 15) is 13.2 Å². The van der Waals surface area contributed by atoms with Crippen LogP contribution in [0.3, 0.4) is 0 Å². The molecule has 1 N–H and O–H groups in total. The maximum absolute atomic E-state index is 13.3. The third kappa shape index (κ3) is 7.04. The van der Waals surface area contributed by atoms with Crippen molar-refractivity contribution in [1.29, 1.82) is 0 Å². The summed E-state index contributed by atoms with van der Waals surface area (Å²) >= 11 is 9.55. The van der Waals surface area contributed by atoms with Crippen LogP contribution in [0.25, 0.3) is 0 Å². The Balaban J connectivity index is 1.79. The van der Waals surface area contributed by atoms with E-state index >= 15 is 0 Å². The fourth-order valence-corrected chi connectivity index (χ4v) is 4.94. The predicted octanol–water partition coefficient (Wildman–Crippen LogP) is 4.46.